The fourth-order valence-electron chi connectivity index (χ4n) is 7.15. The number of methoxy groups -OCH3 is 2. The molecule has 69 heavy (non-hydrogen) atoms. The van der Waals surface area contributed by atoms with Gasteiger partial charge in [0.15, 0.2) is 11.4 Å². The molecule has 2 atom stereocenters. The molecular weight excluding hydrogens is 952 g/mol. The largest absolute Gasteiger partial charge is 0.464 e. The smallest absolute Gasteiger partial charge is 0.359 e. The third kappa shape index (κ3) is 11.1. The predicted octanol–water partition coefficient (Wildman–Crippen LogP) is 4.54. The van der Waals surface area contributed by atoms with Crippen LogP contribution in [0.4, 0.5) is 0 Å². The number of rotatable bonds is 6. The van der Waals surface area contributed by atoms with Crippen molar-refractivity contribution in [2.45, 2.75) is 38.9 Å². The van der Waals surface area contributed by atoms with Gasteiger partial charge in [0.2, 0.25) is 11.2 Å². The van der Waals surface area contributed by atoms with Crippen molar-refractivity contribution in [3.63, 3.8) is 0 Å². The first kappa shape index (κ1) is 53.8. The van der Waals surface area contributed by atoms with Gasteiger partial charge in [-0.05, 0) is 72.8 Å². The van der Waals surface area contributed by atoms with Gasteiger partial charge in [0.1, 0.15) is 0 Å². The topological polar surface area (TPSA) is 228 Å². The third-order valence-electron chi connectivity index (χ3n) is 10.9. The lowest BCUT2D eigenvalue weighted by molar-refractivity contribution is -0.138. The Bertz CT molecular complexity index is 3070. The fraction of sp³-hybridized carbons (Fsp3) is 0.280. The van der Waals surface area contributed by atoms with Gasteiger partial charge in [-0.15, -0.1) is 6.42 Å². The average molecular weight is 1010 g/mol. The number of benzene rings is 4. The SMILES string of the molecule is C.C.C#C[C@]1(O)CCN(C)C1=O.CNC(=O)c1ccc2c(c1)c(C(=O)OC)nn2-c1cccc(Br)c1.CNC(=O)c1ccc2c(c1)c(C(=O)OC)nn2-c1cccc(C#C[C@]2(O)CCN(C)C2=O)c1. The molecule has 4 heterocycles. The number of carbonyl (C=O) groups excluding carboxylic acids is 6. The van der Waals surface area contributed by atoms with E-state index in [1.807, 2.05) is 24.3 Å². The number of carbonyl (C=O) groups is 6. The Morgan fingerprint density at radius 2 is 1.14 bits per heavy atom. The second-order valence-corrected chi connectivity index (χ2v) is 16.1. The van der Waals surface area contributed by atoms with Crippen molar-refractivity contribution in [3.8, 4) is 35.6 Å². The summed E-state index contributed by atoms with van der Waals surface area (Å²) in [5.41, 5.74) is 1.12. The molecule has 19 heteroatoms. The molecule has 2 aromatic heterocycles. The number of nitrogens with one attached hydrogen (secondary N) is 2. The van der Waals surface area contributed by atoms with Crippen LogP contribution in [0.5, 0.6) is 0 Å². The number of hydrogen-bond donors (Lipinski definition) is 4. The Kier molecular flexibility index (Phi) is 17.4. The van der Waals surface area contributed by atoms with E-state index in [1.165, 1.54) is 31.1 Å². The number of halogens is 1. The van der Waals surface area contributed by atoms with Crippen LogP contribution in [0.2, 0.25) is 0 Å². The fourth-order valence-corrected chi connectivity index (χ4v) is 7.54. The van der Waals surface area contributed by atoms with Crippen LogP contribution in [0.1, 0.15) is 75.0 Å². The highest BCUT2D eigenvalue weighted by Gasteiger charge is 2.43. The number of aromatic nitrogens is 4. The van der Waals surface area contributed by atoms with Gasteiger partial charge in [-0.1, -0.05) is 60.7 Å². The zero-order chi connectivity index (χ0) is 48.8. The maximum absolute atomic E-state index is 12.3. The summed E-state index contributed by atoms with van der Waals surface area (Å²) in [5, 5.41) is 34.8. The number of ether oxygens (including phenoxy) is 2. The minimum absolute atomic E-state index is 0. The Balaban J connectivity index is 0.000000252. The minimum atomic E-state index is -1.70. The lowest BCUT2D eigenvalue weighted by Crippen LogP contribution is -2.37. The van der Waals surface area contributed by atoms with Crippen LogP contribution < -0.4 is 10.6 Å². The summed E-state index contributed by atoms with van der Waals surface area (Å²) in [4.78, 5) is 74.4. The summed E-state index contributed by atoms with van der Waals surface area (Å²) in [6, 6.07) is 24.6. The molecule has 4 aromatic carbocycles. The molecule has 0 saturated carbocycles. The summed E-state index contributed by atoms with van der Waals surface area (Å²) < 4.78 is 13.8. The molecule has 2 saturated heterocycles. The Hall–Kier alpha value is -7.84. The molecular formula is C50H53BrN8O10. The molecule has 8 rings (SSSR count). The molecule has 4 amide bonds. The minimum Gasteiger partial charge on any atom is -0.464 e. The van der Waals surface area contributed by atoms with Crippen LogP contribution in [-0.4, -0.2) is 142 Å². The number of terminal acetylenes is 1. The Morgan fingerprint density at radius 3 is 1.54 bits per heavy atom. The first-order chi connectivity index (χ1) is 31.9. The number of aliphatic hydroxyl groups is 2. The highest BCUT2D eigenvalue weighted by Crippen LogP contribution is 2.28. The quantitative estimate of drug-likeness (QED) is 0.133. The van der Waals surface area contributed by atoms with Gasteiger partial charge < -0.3 is 40.1 Å². The summed E-state index contributed by atoms with van der Waals surface area (Å²) in [7, 11) is 8.89. The summed E-state index contributed by atoms with van der Waals surface area (Å²) >= 11 is 3.43. The van der Waals surface area contributed by atoms with E-state index in [1.54, 1.807) is 91.2 Å². The normalized spacial score (nSPS) is 16.8. The number of hydrogen-bond acceptors (Lipinski definition) is 12. The van der Waals surface area contributed by atoms with Crippen LogP contribution in [0.25, 0.3) is 33.2 Å². The molecule has 0 unspecified atom stereocenters. The van der Waals surface area contributed by atoms with Gasteiger partial charge in [-0.3, -0.25) is 19.2 Å². The van der Waals surface area contributed by atoms with Crippen molar-refractivity contribution in [2.75, 3.05) is 55.5 Å². The number of fused-ring (bicyclic) bond motifs is 2. The molecule has 2 fully saturated rings. The lowest BCUT2D eigenvalue weighted by Gasteiger charge is -2.13. The van der Waals surface area contributed by atoms with Crippen molar-refractivity contribution in [1.82, 2.24) is 40.0 Å². The van der Waals surface area contributed by atoms with Gasteiger partial charge >= 0.3 is 11.9 Å². The van der Waals surface area contributed by atoms with Crippen molar-refractivity contribution in [3.05, 3.63) is 117 Å². The first-order valence-corrected chi connectivity index (χ1v) is 21.2. The van der Waals surface area contributed by atoms with E-state index in [4.69, 9.17) is 15.9 Å². The van der Waals surface area contributed by atoms with E-state index < -0.39 is 29.0 Å². The Morgan fingerprint density at radius 1 is 0.696 bits per heavy atom. The average Bonchev–Trinajstić information content (AvgIpc) is 4.08. The maximum Gasteiger partial charge on any atom is 0.359 e. The number of likely N-dealkylation sites (tertiary alicyclic amines) is 2. The molecule has 360 valence electrons. The molecule has 2 aliphatic rings. The highest BCUT2D eigenvalue weighted by atomic mass is 79.9. The second-order valence-electron chi connectivity index (χ2n) is 15.2. The van der Waals surface area contributed by atoms with E-state index in [0.717, 1.165) is 10.2 Å². The molecule has 0 spiro atoms. The monoisotopic (exact) mass is 1000 g/mol. The molecule has 0 aliphatic carbocycles. The number of likely N-dealkylation sites (N-methyl/N-ethyl adjacent to an activating group) is 2. The predicted molar refractivity (Wildman–Crippen MR) is 263 cm³/mol. The van der Waals surface area contributed by atoms with Gasteiger partial charge in [-0.2, -0.15) is 10.2 Å². The maximum atomic E-state index is 12.3. The summed E-state index contributed by atoms with van der Waals surface area (Å²) in [5.74, 6) is 5.17. The summed E-state index contributed by atoms with van der Waals surface area (Å²) in [6.07, 6.45) is 5.56. The number of amides is 4. The third-order valence-corrected chi connectivity index (χ3v) is 11.4. The van der Waals surface area contributed by atoms with Crippen LogP contribution in [-0.2, 0) is 19.1 Å². The Labute approximate surface area is 407 Å². The van der Waals surface area contributed by atoms with Crippen LogP contribution >= 0.6 is 15.9 Å². The number of esters is 2. The van der Waals surface area contributed by atoms with Gasteiger partial charge in [0.25, 0.3) is 23.6 Å². The zero-order valence-electron chi connectivity index (χ0n) is 37.2. The molecule has 0 bridgehead atoms. The van der Waals surface area contributed by atoms with E-state index in [0.29, 0.717) is 63.7 Å². The molecule has 4 N–H and O–H groups in total. The van der Waals surface area contributed by atoms with Crippen LogP contribution in [0, 0.1) is 24.2 Å². The van der Waals surface area contributed by atoms with Crippen molar-refractivity contribution in [2.24, 2.45) is 0 Å². The lowest BCUT2D eigenvalue weighted by atomic mass is 10.0. The molecule has 2 aliphatic heterocycles. The molecule has 18 nitrogen and oxygen atoms in total. The standard InChI is InChI=1S/C24H22N4O5.C17H14BrN3O3.C7H9NO2.2CH4/c1-25-21(29)16-7-8-19-18(14-16)20(22(30)33-3)26-28(19)17-6-4-5-15(13-17)9-10-24(32)11-12-27(2)23(24)31;1-19-16(22)10-6-7-14-13(8-10)15(17(23)24-2)20-21(14)12-5-3-4-11(18)9-12;1-3-7(10)4-5-8(2)6(7)9;;/h4-8,13-14,32H,11-12H2,1-3H3,(H,25,29);3-9H,1-2H3,(H,19,22);1,10H,4-5H2,2H3;2*1H4/t24-;;7-;;/m0.0../s1. The van der Waals surface area contributed by atoms with Gasteiger partial charge in [0, 0.05) is 86.1 Å². The highest BCUT2D eigenvalue weighted by molar-refractivity contribution is 9.10. The van der Waals surface area contributed by atoms with E-state index in [9.17, 15) is 39.0 Å². The molecule has 0 radical (unpaired) electrons. The first-order valence-electron chi connectivity index (χ1n) is 20.4. The van der Waals surface area contributed by atoms with Crippen LogP contribution in [0.3, 0.4) is 0 Å². The van der Waals surface area contributed by atoms with Crippen molar-refractivity contribution >= 4 is 73.3 Å². The van der Waals surface area contributed by atoms with E-state index >= 15 is 0 Å². The van der Waals surface area contributed by atoms with E-state index in [2.05, 4.69) is 54.5 Å². The van der Waals surface area contributed by atoms with Crippen molar-refractivity contribution < 1.29 is 48.5 Å². The number of nitrogens with zero attached hydrogens (tertiary/aromatic N) is 6. The molecule has 6 aromatic rings. The van der Waals surface area contributed by atoms with E-state index in [-0.39, 0.29) is 50.4 Å². The zero-order valence-corrected chi connectivity index (χ0v) is 38.8. The van der Waals surface area contributed by atoms with Gasteiger partial charge in [0.05, 0.1) is 36.6 Å². The van der Waals surface area contributed by atoms with Gasteiger partial charge in [-0.25, -0.2) is 19.0 Å². The van der Waals surface area contributed by atoms with Crippen LogP contribution in [0.15, 0.2) is 89.4 Å². The van der Waals surface area contributed by atoms with Crippen molar-refractivity contribution in [1.29, 1.82) is 0 Å². The summed E-state index contributed by atoms with van der Waals surface area (Å²) in [6.45, 7) is 0.983. The second kappa shape index (κ2) is 22.3.